The van der Waals surface area contributed by atoms with E-state index in [-0.39, 0.29) is 28.9 Å². The molecule has 0 spiro atoms. The number of piperidine rings is 1. The number of carbonyl (C=O) groups is 2. The highest BCUT2D eigenvalue weighted by atomic mass is 35.5. The molecule has 0 saturated carbocycles. The molecule has 8 nitrogen and oxygen atoms in total. The van der Waals surface area contributed by atoms with Crippen LogP contribution >= 0.6 is 22.9 Å². The molecule has 0 atom stereocenters. The van der Waals surface area contributed by atoms with Crippen LogP contribution in [0.15, 0.2) is 66.2 Å². The third-order valence-corrected chi connectivity index (χ3v) is 7.67. The van der Waals surface area contributed by atoms with Crippen LogP contribution in [0.25, 0.3) is 10.2 Å². The van der Waals surface area contributed by atoms with E-state index in [9.17, 15) is 19.7 Å². The molecular formula is C27H23ClN4O4S. The molecular weight excluding hydrogens is 512 g/mol. The van der Waals surface area contributed by atoms with E-state index in [4.69, 9.17) is 11.6 Å². The number of amides is 2. The Hall–Kier alpha value is -3.82. The van der Waals surface area contributed by atoms with Gasteiger partial charge in [0.25, 0.3) is 11.6 Å². The summed E-state index contributed by atoms with van der Waals surface area (Å²) in [6.07, 6.45) is 1.59. The van der Waals surface area contributed by atoms with Crippen molar-refractivity contribution in [2.24, 2.45) is 0 Å². The third-order valence-electron chi connectivity index (χ3n) is 6.62. The second-order valence-electron chi connectivity index (χ2n) is 8.98. The summed E-state index contributed by atoms with van der Waals surface area (Å²) in [7, 11) is 0. The largest absolute Gasteiger partial charge is 0.339 e. The first kappa shape index (κ1) is 24.9. The van der Waals surface area contributed by atoms with Gasteiger partial charge >= 0.3 is 0 Å². The first-order valence-corrected chi connectivity index (χ1v) is 13.1. The lowest BCUT2D eigenvalue weighted by atomic mass is 9.89. The molecule has 1 aliphatic heterocycles. The van der Waals surface area contributed by atoms with Gasteiger partial charge in [0.15, 0.2) is 0 Å². The van der Waals surface area contributed by atoms with Gasteiger partial charge in [0.05, 0.1) is 27.1 Å². The highest BCUT2D eigenvalue weighted by molar-refractivity contribution is 7.16. The van der Waals surface area contributed by atoms with Crippen molar-refractivity contribution < 1.29 is 14.5 Å². The van der Waals surface area contributed by atoms with Crippen molar-refractivity contribution in [2.45, 2.75) is 25.2 Å². The van der Waals surface area contributed by atoms with Crippen molar-refractivity contribution in [1.82, 2.24) is 9.88 Å². The topological polar surface area (TPSA) is 105 Å². The Morgan fingerprint density at radius 2 is 1.84 bits per heavy atom. The number of hydrogen-bond donors (Lipinski definition) is 1. The number of benzene rings is 3. The Morgan fingerprint density at radius 1 is 1.08 bits per heavy atom. The number of anilines is 1. The first-order valence-electron chi connectivity index (χ1n) is 11.8. The second kappa shape index (κ2) is 10.7. The van der Waals surface area contributed by atoms with Crippen LogP contribution in [0.1, 0.15) is 40.2 Å². The molecule has 0 unspecified atom stereocenters. The van der Waals surface area contributed by atoms with Gasteiger partial charge in [-0.3, -0.25) is 19.7 Å². The first-order chi connectivity index (χ1) is 17.9. The molecule has 10 heteroatoms. The summed E-state index contributed by atoms with van der Waals surface area (Å²) in [5.74, 6) is 0.0136. The molecule has 1 aromatic heterocycles. The summed E-state index contributed by atoms with van der Waals surface area (Å²) in [6, 6.07) is 17.6. The standard InChI is InChI=1S/C27H23ClN4O4S/c28-21-5-1-19(24(15-21)32(35)36)14-26(33)30-22-6-2-17(3-7-22)18-9-11-31(12-10-18)27(34)20-4-8-25-23(13-20)29-16-37-25/h1-8,13,15-16,18H,9-12,14H2,(H,30,33). The average Bonchev–Trinajstić information content (AvgIpc) is 3.38. The molecule has 2 heterocycles. The number of likely N-dealkylation sites (tertiary alicyclic amines) is 1. The fourth-order valence-electron chi connectivity index (χ4n) is 4.66. The number of rotatable bonds is 6. The zero-order valence-electron chi connectivity index (χ0n) is 19.7. The van der Waals surface area contributed by atoms with Gasteiger partial charge in [0.1, 0.15) is 0 Å². The second-order valence-corrected chi connectivity index (χ2v) is 10.3. The van der Waals surface area contributed by atoms with Crippen molar-refractivity contribution in [2.75, 3.05) is 18.4 Å². The van der Waals surface area contributed by atoms with E-state index in [1.165, 1.54) is 18.2 Å². The molecule has 5 rings (SSSR count). The van der Waals surface area contributed by atoms with Gasteiger partial charge in [-0.05, 0) is 60.7 Å². The normalized spacial score (nSPS) is 14.0. The molecule has 37 heavy (non-hydrogen) atoms. The van der Waals surface area contributed by atoms with E-state index in [2.05, 4.69) is 10.3 Å². The Balaban J connectivity index is 1.16. The fraction of sp³-hybridized carbons (Fsp3) is 0.222. The quantitative estimate of drug-likeness (QED) is 0.239. The number of carbonyl (C=O) groups excluding carboxylic acids is 2. The van der Waals surface area contributed by atoms with Gasteiger partial charge in [0.2, 0.25) is 5.91 Å². The lowest BCUT2D eigenvalue weighted by molar-refractivity contribution is -0.385. The molecule has 3 aromatic carbocycles. The van der Waals surface area contributed by atoms with Crippen molar-refractivity contribution in [3.05, 3.63) is 98.0 Å². The zero-order chi connectivity index (χ0) is 25.9. The van der Waals surface area contributed by atoms with Gasteiger partial charge in [-0.2, -0.15) is 0 Å². The minimum absolute atomic E-state index is 0.0346. The molecule has 1 fully saturated rings. The molecule has 1 N–H and O–H groups in total. The Bertz CT molecular complexity index is 1480. The van der Waals surface area contributed by atoms with Gasteiger partial charge in [-0.1, -0.05) is 29.8 Å². The lowest BCUT2D eigenvalue weighted by Gasteiger charge is -2.32. The summed E-state index contributed by atoms with van der Waals surface area (Å²) in [6.45, 7) is 1.36. The summed E-state index contributed by atoms with van der Waals surface area (Å²) >= 11 is 7.41. The van der Waals surface area contributed by atoms with Crippen LogP contribution in [0.3, 0.4) is 0 Å². The van der Waals surface area contributed by atoms with E-state index in [1.54, 1.807) is 16.8 Å². The molecule has 4 aromatic rings. The monoisotopic (exact) mass is 534 g/mol. The van der Waals surface area contributed by atoms with Gasteiger partial charge in [-0.15, -0.1) is 11.3 Å². The average molecular weight is 535 g/mol. The Kier molecular flexibility index (Phi) is 7.16. The SMILES string of the molecule is O=C(Cc1ccc(Cl)cc1[N+](=O)[O-])Nc1ccc(C2CCN(C(=O)c3ccc4scnc4c3)CC2)cc1. The molecule has 1 aliphatic rings. The Morgan fingerprint density at radius 3 is 2.57 bits per heavy atom. The van der Waals surface area contributed by atoms with Crippen LogP contribution < -0.4 is 5.32 Å². The number of nitro groups is 1. The predicted octanol–water partition coefficient (Wildman–Crippen LogP) is 6.06. The predicted molar refractivity (Wildman–Crippen MR) is 144 cm³/mol. The van der Waals surface area contributed by atoms with E-state index in [0.717, 1.165) is 28.6 Å². The van der Waals surface area contributed by atoms with E-state index >= 15 is 0 Å². The van der Waals surface area contributed by atoms with Crippen LogP contribution in [-0.2, 0) is 11.2 Å². The lowest BCUT2D eigenvalue weighted by Crippen LogP contribution is -2.37. The number of nitro benzene ring substituents is 1. The molecule has 188 valence electrons. The van der Waals surface area contributed by atoms with E-state index in [1.807, 2.05) is 47.4 Å². The maximum absolute atomic E-state index is 13.0. The zero-order valence-corrected chi connectivity index (χ0v) is 21.3. The molecule has 0 aliphatic carbocycles. The number of thiazole rings is 1. The minimum Gasteiger partial charge on any atom is -0.339 e. The number of nitrogens with one attached hydrogen (secondary N) is 1. The smallest absolute Gasteiger partial charge is 0.274 e. The van der Waals surface area contributed by atoms with E-state index < -0.39 is 4.92 Å². The highest BCUT2D eigenvalue weighted by Crippen LogP contribution is 2.30. The van der Waals surface area contributed by atoms with E-state index in [0.29, 0.717) is 35.8 Å². The third kappa shape index (κ3) is 5.63. The maximum Gasteiger partial charge on any atom is 0.274 e. The number of aromatic nitrogens is 1. The fourth-order valence-corrected chi connectivity index (χ4v) is 5.49. The van der Waals surface area contributed by atoms with Crippen molar-refractivity contribution >= 4 is 56.3 Å². The molecule has 1 saturated heterocycles. The summed E-state index contributed by atoms with van der Waals surface area (Å²) in [4.78, 5) is 42.4. The van der Waals surface area contributed by atoms with Crippen molar-refractivity contribution in [1.29, 1.82) is 0 Å². The van der Waals surface area contributed by atoms with Crippen molar-refractivity contribution in [3.8, 4) is 0 Å². The molecule has 0 radical (unpaired) electrons. The van der Waals surface area contributed by atoms with Crippen LogP contribution in [0.2, 0.25) is 5.02 Å². The van der Waals surface area contributed by atoms with Crippen LogP contribution in [0, 0.1) is 10.1 Å². The number of hydrogen-bond acceptors (Lipinski definition) is 6. The highest BCUT2D eigenvalue weighted by Gasteiger charge is 2.25. The summed E-state index contributed by atoms with van der Waals surface area (Å²) in [5.41, 5.74) is 5.21. The Labute approximate surface area is 222 Å². The number of halogens is 1. The minimum atomic E-state index is -0.540. The van der Waals surface area contributed by atoms with Crippen LogP contribution in [0.5, 0.6) is 0 Å². The van der Waals surface area contributed by atoms with Crippen molar-refractivity contribution in [3.63, 3.8) is 0 Å². The summed E-state index contributed by atoms with van der Waals surface area (Å²) < 4.78 is 1.07. The summed E-state index contributed by atoms with van der Waals surface area (Å²) in [5, 5.41) is 14.3. The van der Waals surface area contributed by atoms with Crippen LogP contribution in [-0.4, -0.2) is 39.7 Å². The van der Waals surface area contributed by atoms with Gasteiger partial charge < -0.3 is 10.2 Å². The molecule has 0 bridgehead atoms. The van der Waals surface area contributed by atoms with Gasteiger partial charge in [0, 0.05) is 41.0 Å². The molecule has 2 amide bonds. The van der Waals surface area contributed by atoms with Gasteiger partial charge in [-0.25, -0.2) is 4.98 Å². The number of fused-ring (bicyclic) bond motifs is 1. The number of nitrogens with zero attached hydrogens (tertiary/aromatic N) is 3. The van der Waals surface area contributed by atoms with Crippen LogP contribution in [0.4, 0.5) is 11.4 Å². The maximum atomic E-state index is 13.0.